The lowest BCUT2D eigenvalue weighted by atomic mass is 9.74. The van der Waals surface area contributed by atoms with E-state index in [1.807, 2.05) is 0 Å². The third-order valence-corrected chi connectivity index (χ3v) is 10.5. The van der Waals surface area contributed by atoms with Gasteiger partial charge < -0.3 is 10.4 Å². The Labute approximate surface area is 217 Å². The quantitative estimate of drug-likeness (QED) is 0.431. The summed E-state index contributed by atoms with van der Waals surface area (Å²) >= 11 is 6.19. The molecule has 2 aromatic rings. The van der Waals surface area contributed by atoms with E-state index in [1.54, 1.807) is 0 Å². The molecule has 37 heavy (non-hydrogen) atoms. The number of nitrogens with one attached hydrogen (secondary N) is 2. The number of benzene rings is 2. The largest absolute Gasteiger partial charge is 0.388 e. The van der Waals surface area contributed by atoms with Crippen LogP contribution in [0.4, 0.5) is 18.9 Å². The lowest BCUT2D eigenvalue weighted by Crippen LogP contribution is -2.54. The molecule has 0 saturated heterocycles. The molecular formula is C23H24ClF3N2O6S2. The average molecular weight is 581 g/mol. The van der Waals surface area contributed by atoms with Gasteiger partial charge in [0.15, 0.2) is 27.3 Å². The number of hydrogen-bond acceptors (Lipinski definition) is 6. The van der Waals surface area contributed by atoms with Gasteiger partial charge in [0, 0.05) is 29.9 Å². The molecule has 202 valence electrons. The lowest BCUT2D eigenvalue weighted by Gasteiger charge is -2.42. The van der Waals surface area contributed by atoms with Crippen molar-refractivity contribution in [2.75, 3.05) is 18.1 Å². The Kier molecular flexibility index (Phi) is 7.40. The van der Waals surface area contributed by atoms with Crippen molar-refractivity contribution >= 4 is 43.1 Å². The zero-order valence-electron chi connectivity index (χ0n) is 19.5. The van der Waals surface area contributed by atoms with Crippen LogP contribution < -0.4 is 10.0 Å². The Morgan fingerprint density at radius 3 is 2.16 bits per heavy atom. The first-order valence-corrected chi connectivity index (χ1v) is 15.1. The molecule has 2 bridgehead atoms. The van der Waals surface area contributed by atoms with Crippen LogP contribution in [0.3, 0.4) is 0 Å². The van der Waals surface area contributed by atoms with Crippen molar-refractivity contribution in [1.82, 2.24) is 4.72 Å². The molecule has 2 aromatic carbocycles. The van der Waals surface area contributed by atoms with Crippen LogP contribution in [0.5, 0.6) is 0 Å². The van der Waals surface area contributed by atoms with E-state index in [0.717, 1.165) is 12.3 Å². The Bertz CT molecular complexity index is 1430. The molecule has 1 amide bonds. The van der Waals surface area contributed by atoms with E-state index >= 15 is 0 Å². The van der Waals surface area contributed by atoms with Crippen LogP contribution in [-0.2, 0) is 19.9 Å². The highest BCUT2D eigenvalue weighted by atomic mass is 35.5. The Balaban J connectivity index is 1.56. The molecule has 0 aliphatic heterocycles. The van der Waals surface area contributed by atoms with E-state index in [0.29, 0.717) is 25.0 Å². The molecule has 0 spiro atoms. The summed E-state index contributed by atoms with van der Waals surface area (Å²) < 4.78 is 92.7. The molecule has 0 aromatic heterocycles. The fraction of sp³-hybridized carbons (Fsp3) is 0.435. The van der Waals surface area contributed by atoms with Gasteiger partial charge in [-0.15, -0.1) is 0 Å². The third kappa shape index (κ3) is 5.51. The number of hydrogen-bond donors (Lipinski definition) is 3. The van der Waals surface area contributed by atoms with E-state index in [9.17, 15) is 39.9 Å². The number of halogens is 4. The van der Waals surface area contributed by atoms with Gasteiger partial charge in [-0.1, -0.05) is 11.6 Å². The second-order valence-electron chi connectivity index (χ2n) is 9.55. The Hall–Kier alpha value is -2.19. The molecule has 2 aliphatic rings. The summed E-state index contributed by atoms with van der Waals surface area (Å²) in [6, 6.07) is 4.66. The minimum Gasteiger partial charge on any atom is -0.388 e. The molecule has 4 rings (SSSR count). The number of aliphatic hydroxyl groups is 1. The third-order valence-electron chi connectivity index (χ3n) is 7.17. The van der Waals surface area contributed by atoms with Crippen LogP contribution in [-0.4, -0.2) is 51.5 Å². The van der Waals surface area contributed by atoms with Crippen LogP contribution in [0.25, 0.3) is 0 Å². The van der Waals surface area contributed by atoms with Crippen molar-refractivity contribution in [3.63, 3.8) is 0 Å². The first kappa shape index (κ1) is 27.8. The van der Waals surface area contributed by atoms with Crippen molar-refractivity contribution in [3.05, 3.63) is 58.4 Å². The summed E-state index contributed by atoms with van der Waals surface area (Å²) in [5.41, 5.74) is -1.91. The second-order valence-corrected chi connectivity index (χ2v) is 14.0. The van der Waals surface area contributed by atoms with Gasteiger partial charge in [0.1, 0.15) is 0 Å². The smallest absolute Gasteiger partial charge is 0.255 e. The summed E-state index contributed by atoms with van der Waals surface area (Å²) in [7, 11) is -7.65. The summed E-state index contributed by atoms with van der Waals surface area (Å²) in [6.45, 7) is -0.213. The van der Waals surface area contributed by atoms with Gasteiger partial charge in [-0.05, 0) is 55.7 Å². The molecule has 0 heterocycles. The highest BCUT2D eigenvalue weighted by molar-refractivity contribution is 7.92. The number of carbonyl (C=O) groups is 1. The topological polar surface area (TPSA) is 130 Å². The second kappa shape index (κ2) is 9.84. The first-order chi connectivity index (χ1) is 17.1. The van der Waals surface area contributed by atoms with Crippen molar-refractivity contribution in [1.29, 1.82) is 0 Å². The summed E-state index contributed by atoms with van der Waals surface area (Å²) in [4.78, 5) is 12.3. The highest BCUT2D eigenvalue weighted by Crippen LogP contribution is 2.52. The van der Waals surface area contributed by atoms with Gasteiger partial charge in [-0.2, -0.15) is 0 Å². The summed E-state index contributed by atoms with van der Waals surface area (Å²) in [5, 5.41) is 12.3. The van der Waals surface area contributed by atoms with E-state index in [-0.39, 0.29) is 40.6 Å². The van der Waals surface area contributed by atoms with Crippen molar-refractivity contribution in [3.8, 4) is 0 Å². The molecule has 0 radical (unpaired) electrons. The van der Waals surface area contributed by atoms with Crippen LogP contribution in [0.15, 0.2) is 35.2 Å². The van der Waals surface area contributed by atoms with Gasteiger partial charge >= 0.3 is 0 Å². The molecule has 3 N–H and O–H groups in total. The number of rotatable bonds is 7. The number of fused-ring (bicyclic) bond motifs is 2. The molecule has 14 heteroatoms. The van der Waals surface area contributed by atoms with E-state index < -0.39 is 65.9 Å². The predicted octanol–water partition coefficient (Wildman–Crippen LogP) is 3.25. The van der Waals surface area contributed by atoms with Gasteiger partial charge in [0.2, 0.25) is 10.0 Å². The van der Waals surface area contributed by atoms with Crippen LogP contribution >= 0.6 is 11.6 Å². The van der Waals surface area contributed by atoms with E-state index in [1.165, 1.54) is 12.1 Å². The first-order valence-electron chi connectivity index (χ1n) is 11.3. The van der Waals surface area contributed by atoms with Crippen molar-refractivity contribution in [2.45, 2.75) is 41.4 Å². The maximum absolute atomic E-state index is 13.6. The maximum Gasteiger partial charge on any atom is 0.255 e. The molecule has 2 aliphatic carbocycles. The summed E-state index contributed by atoms with van der Waals surface area (Å²) in [6.07, 6.45) is 2.17. The van der Waals surface area contributed by atoms with E-state index in [2.05, 4.69) is 10.0 Å². The van der Waals surface area contributed by atoms with Gasteiger partial charge in [-0.25, -0.2) is 34.7 Å². The standard InChI is InChI=1S/C23H24ClF3N2O6S2/c1-36(32,33)28-11-23(31)13-3-4-14(23)8-16(7-13)37(34,35)20-6-12(2-5-17(20)24)22(30)29-15-9-18(25)21(27)19(26)10-15/h2,5-6,9-10,13-14,16,28,31H,3-4,7-8,11H2,1H3,(H,29,30)/t13-,14?,16?,23-/m0/s1. The zero-order chi connectivity index (χ0) is 27.3. The van der Waals surface area contributed by atoms with Gasteiger partial charge in [-0.3, -0.25) is 4.79 Å². The Morgan fingerprint density at radius 2 is 1.62 bits per heavy atom. The predicted molar refractivity (Wildman–Crippen MR) is 130 cm³/mol. The zero-order valence-corrected chi connectivity index (χ0v) is 21.9. The minimum atomic E-state index is -4.09. The van der Waals surface area contributed by atoms with Crippen molar-refractivity contribution < 1.29 is 39.9 Å². The normalized spacial score (nSPS) is 25.7. The van der Waals surface area contributed by atoms with Gasteiger partial charge in [0.25, 0.3) is 5.91 Å². The SMILES string of the molecule is CS(=O)(=O)NC[C@@]1(O)C2CC[C@H]1CC(S(=O)(=O)c1cc(C(=O)Nc3cc(F)c(F)c(F)c3)ccc1Cl)C2. The van der Waals surface area contributed by atoms with Gasteiger partial charge in [0.05, 0.1) is 27.0 Å². The monoisotopic (exact) mass is 580 g/mol. The summed E-state index contributed by atoms with van der Waals surface area (Å²) in [5.74, 6) is -6.54. The van der Waals surface area contributed by atoms with Crippen molar-refractivity contribution in [2.24, 2.45) is 11.8 Å². The number of sulfone groups is 1. The van der Waals surface area contributed by atoms with Crippen LogP contribution in [0.2, 0.25) is 5.02 Å². The molecule has 2 saturated carbocycles. The number of sulfonamides is 1. The minimum absolute atomic E-state index is 0.0711. The molecule has 4 atom stereocenters. The van der Waals surface area contributed by atoms with Crippen LogP contribution in [0.1, 0.15) is 36.0 Å². The molecule has 2 unspecified atom stereocenters. The van der Waals surface area contributed by atoms with E-state index in [4.69, 9.17) is 11.6 Å². The maximum atomic E-state index is 13.6. The Morgan fingerprint density at radius 1 is 1.05 bits per heavy atom. The fourth-order valence-electron chi connectivity index (χ4n) is 5.27. The average Bonchev–Trinajstić information content (AvgIpc) is 2.97. The number of amides is 1. The highest BCUT2D eigenvalue weighted by Gasteiger charge is 2.55. The number of anilines is 1. The molecule has 2 fully saturated rings. The molecule has 8 nitrogen and oxygen atoms in total. The van der Waals surface area contributed by atoms with Crippen LogP contribution in [0, 0.1) is 29.3 Å². The number of carbonyl (C=O) groups excluding carboxylic acids is 1. The lowest BCUT2D eigenvalue weighted by molar-refractivity contribution is -0.0525. The molecular weight excluding hydrogens is 557 g/mol. The fourth-order valence-corrected chi connectivity index (χ4v) is 8.17.